The Balaban J connectivity index is 1.35. The highest BCUT2D eigenvalue weighted by molar-refractivity contribution is 6.32. The number of aliphatic carboxylic acids is 1. The van der Waals surface area contributed by atoms with Gasteiger partial charge in [0, 0.05) is 16.8 Å². The van der Waals surface area contributed by atoms with Crippen LogP contribution in [0.2, 0.25) is 5.02 Å². The van der Waals surface area contributed by atoms with Crippen LogP contribution in [0, 0.1) is 5.92 Å². The second-order valence-electron chi connectivity index (χ2n) is 8.41. The van der Waals surface area contributed by atoms with Crippen LogP contribution in [-0.4, -0.2) is 36.3 Å². The van der Waals surface area contributed by atoms with Crippen molar-refractivity contribution < 1.29 is 14.6 Å². The van der Waals surface area contributed by atoms with Crippen LogP contribution in [0.15, 0.2) is 41.2 Å². The maximum atomic E-state index is 12.6. The number of nitrogens with zero attached hydrogens (tertiary/aromatic N) is 4. The van der Waals surface area contributed by atoms with E-state index < -0.39 is 5.97 Å². The molecule has 5 rings (SSSR count). The van der Waals surface area contributed by atoms with Crippen molar-refractivity contribution in [1.29, 1.82) is 0 Å². The van der Waals surface area contributed by atoms with Gasteiger partial charge in [-0.2, -0.15) is 4.80 Å². The van der Waals surface area contributed by atoms with Crippen molar-refractivity contribution >= 4 is 23.1 Å². The average Bonchev–Trinajstić information content (AvgIpc) is 3.70. The number of H-pyrrole nitrogens is 1. The van der Waals surface area contributed by atoms with E-state index >= 15 is 0 Å². The molecule has 0 amide bonds. The van der Waals surface area contributed by atoms with Crippen LogP contribution < -0.4 is 10.3 Å². The first-order valence-electron chi connectivity index (χ1n) is 10.8. The summed E-state index contributed by atoms with van der Waals surface area (Å²) in [7, 11) is 0. The van der Waals surface area contributed by atoms with Crippen molar-refractivity contribution in [1.82, 2.24) is 25.2 Å². The highest BCUT2D eigenvalue weighted by Crippen LogP contribution is 2.39. The quantitative estimate of drug-likeness (QED) is 0.494. The fourth-order valence-corrected chi connectivity index (χ4v) is 3.88. The molecule has 0 bridgehead atoms. The molecule has 0 unspecified atom stereocenters. The van der Waals surface area contributed by atoms with Crippen LogP contribution in [-0.2, 0) is 17.9 Å². The number of carbonyl (C=O) groups is 1. The molecule has 0 radical (unpaired) electrons. The van der Waals surface area contributed by atoms with Gasteiger partial charge >= 0.3 is 5.97 Å². The summed E-state index contributed by atoms with van der Waals surface area (Å²) in [6, 6.07) is 9.39. The molecule has 2 aliphatic rings. The summed E-state index contributed by atoms with van der Waals surface area (Å²) < 4.78 is 5.71. The third-order valence-corrected chi connectivity index (χ3v) is 5.94. The van der Waals surface area contributed by atoms with E-state index in [-0.39, 0.29) is 24.5 Å². The Hall–Kier alpha value is -3.46. The third kappa shape index (κ3) is 5.14. The van der Waals surface area contributed by atoms with E-state index in [1.807, 2.05) is 24.3 Å². The number of carboxylic acid groups (broad SMARTS) is 1. The highest BCUT2D eigenvalue weighted by atomic mass is 35.5. The Morgan fingerprint density at radius 3 is 2.73 bits per heavy atom. The normalized spacial score (nSPS) is 16.1. The van der Waals surface area contributed by atoms with Crippen LogP contribution >= 0.6 is 11.6 Å². The number of benzene rings is 1. The molecule has 33 heavy (non-hydrogen) atoms. The number of nitrogens with one attached hydrogen (secondary N) is 1. The number of allylic oxidation sites excluding steroid dienone is 1. The number of hydrogen-bond donors (Lipinski definition) is 2. The van der Waals surface area contributed by atoms with E-state index in [9.17, 15) is 9.59 Å². The Bertz CT molecular complexity index is 1290. The van der Waals surface area contributed by atoms with Gasteiger partial charge in [0.25, 0.3) is 5.56 Å². The van der Waals surface area contributed by atoms with Crippen LogP contribution in [0.5, 0.6) is 5.75 Å². The summed E-state index contributed by atoms with van der Waals surface area (Å²) in [6.45, 7) is -0.373. The molecule has 2 saturated carbocycles. The lowest BCUT2D eigenvalue weighted by atomic mass is 9.99. The van der Waals surface area contributed by atoms with E-state index in [1.165, 1.54) is 0 Å². The van der Waals surface area contributed by atoms with Crippen LogP contribution in [0.3, 0.4) is 0 Å². The summed E-state index contributed by atoms with van der Waals surface area (Å²) in [6.07, 6.45) is 6.63. The fraction of sp³-hybridized carbons (Fsp3) is 0.348. The number of carboxylic acids is 1. The average molecular weight is 468 g/mol. The Labute approximate surface area is 194 Å². The number of pyridine rings is 1. The molecule has 9 nitrogen and oxygen atoms in total. The molecule has 0 aliphatic heterocycles. The second-order valence-corrected chi connectivity index (χ2v) is 8.82. The number of aromatic amines is 1. The van der Waals surface area contributed by atoms with Crippen LogP contribution in [0.25, 0.3) is 5.57 Å². The summed E-state index contributed by atoms with van der Waals surface area (Å²) in [4.78, 5) is 27.4. The molecule has 0 saturated heterocycles. The molecule has 2 aromatic heterocycles. The molecule has 2 aliphatic carbocycles. The van der Waals surface area contributed by atoms with Crippen molar-refractivity contribution in [3.63, 3.8) is 0 Å². The lowest BCUT2D eigenvalue weighted by Crippen LogP contribution is -2.13. The van der Waals surface area contributed by atoms with Crippen molar-refractivity contribution in [2.24, 2.45) is 5.92 Å². The predicted octanol–water partition coefficient (Wildman–Crippen LogP) is 3.40. The van der Waals surface area contributed by atoms with Gasteiger partial charge in [-0.05, 0) is 66.5 Å². The molecular weight excluding hydrogens is 446 g/mol. The number of tetrazole rings is 1. The fourth-order valence-electron chi connectivity index (χ4n) is 3.65. The molecule has 0 atom stereocenters. The zero-order valence-corrected chi connectivity index (χ0v) is 18.5. The molecule has 170 valence electrons. The van der Waals surface area contributed by atoms with E-state index in [1.54, 1.807) is 6.07 Å². The molecule has 1 aromatic carbocycles. The van der Waals surface area contributed by atoms with Gasteiger partial charge < -0.3 is 14.8 Å². The van der Waals surface area contributed by atoms with Gasteiger partial charge in [-0.25, -0.2) is 0 Å². The number of hydrogen-bond acceptors (Lipinski definition) is 6. The summed E-state index contributed by atoms with van der Waals surface area (Å²) in [5.41, 5.74) is 3.45. The Morgan fingerprint density at radius 1 is 1.24 bits per heavy atom. The van der Waals surface area contributed by atoms with Crippen LogP contribution in [0.1, 0.15) is 54.2 Å². The number of rotatable bonds is 9. The van der Waals surface area contributed by atoms with Crippen molar-refractivity contribution in [3.8, 4) is 5.75 Å². The molecule has 2 fully saturated rings. The first kappa shape index (κ1) is 21.4. The smallest absolute Gasteiger partial charge is 0.327 e. The SMILES string of the molecule is O=C(O)Cn1nnc(COc2ccc(/C(=C\C3CC3)c3ccc(C4CC4)c(=O)[nH]3)cc2Cl)n1. The minimum atomic E-state index is -1.06. The van der Waals surface area contributed by atoms with E-state index in [0.717, 1.165) is 52.9 Å². The summed E-state index contributed by atoms with van der Waals surface area (Å²) >= 11 is 6.50. The zero-order valence-electron chi connectivity index (χ0n) is 17.7. The molecule has 3 aromatic rings. The number of halogens is 1. The molecule has 2 heterocycles. The maximum Gasteiger partial charge on any atom is 0.327 e. The van der Waals surface area contributed by atoms with E-state index in [2.05, 4.69) is 26.5 Å². The lowest BCUT2D eigenvalue weighted by molar-refractivity contribution is -0.138. The van der Waals surface area contributed by atoms with Crippen molar-refractivity contribution in [2.45, 2.75) is 44.8 Å². The van der Waals surface area contributed by atoms with Gasteiger partial charge in [0.05, 0.1) is 5.02 Å². The summed E-state index contributed by atoms with van der Waals surface area (Å²) in [5.74, 6) is 0.528. The second kappa shape index (κ2) is 8.82. The maximum absolute atomic E-state index is 12.6. The highest BCUT2D eigenvalue weighted by Gasteiger charge is 2.27. The molecular formula is C23H22ClN5O4. The molecule has 0 spiro atoms. The van der Waals surface area contributed by atoms with Gasteiger partial charge in [-0.3, -0.25) is 9.59 Å². The predicted molar refractivity (Wildman–Crippen MR) is 120 cm³/mol. The standard InChI is InChI=1S/C23H22ClN5O4/c24-18-10-15(5-8-20(18)33-12-21-26-28-29(27-21)11-22(30)31)17(9-13-1-2-13)19-7-6-16(14-3-4-14)23(32)25-19/h5-10,13-14H,1-4,11-12H2,(H,25,32)(H,30,31)/b17-9+. The Morgan fingerprint density at radius 2 is 2.06 bits per heavy atom. The van der Waals surface area contributed by atoms with E-state index in [4.69, 9.17) is 21.4 Å². The van der Waals surface area contributed by atoms with Crippen LogP contribution in [0.4, 0.5) is 0 Å². The minimum absolute atomic E-state index is 0.000591. The first-order chi connectivity index (χ1) is 16.0. The summed E-state index contributed by atoms with van der Waals surface area (Å²) in [5, 5.41) is 20.6. The van der Waals surface area contributed by atoms with Gasteiger partial charge in [-0.15, -0.1) is 10.2 Å². The third-order valence-electron chi connectivity index (χ3n) is 5.64. The first-order valence-corrected chi connectivity index (χ1v) is 11.2. The largest absolute Gasteiger partial charge is 0.484 e. The topological polar surface area (TPSA) is 123 Å². The van der Waals surface area contributed by atoms with Gasteiger partial charge in [0.1, 0.15) is 5.75 Å². The number of ether oxygens (including phenoxy) is 1. The minimum Gasteiger partial charge on any atom is -0.484 e. The van der Waals surface area contributed by atoms with Gasteiger partial charge in [0.2, 0.25) is 5.82 Å². The molecule has 10 heteroatoms. The van der Waals surface area contributed by atoms with Crippen molar-refractivity contribution in [3.05, 3.63) is 74.4 Å². The number of aromatic nitrogens is 5. The van der Waals surface area contributed by atoms with Crippen molar-refractivity contribution in [2.75, 3.05) is 0 Å². The van der Waals surface area contributed by atoms with E-state index in [0.29, 0.717) is 22.6 Å². The van der Waals surface area contributed by atoms with Gasteiger partial charge in [-0.1, -0.05) is 29.8 Å². The zero-order chi connectivity index (χ0) is 22.9. The Kier molecular flexibility index (Phi) is 5.72. The lowest BCUT2D eigenvalue weighted by Gasteiger charge is -2.12. The molecule has 2 N–H and O–H groups in total. The monoisotopic (exact) mass is 467 g/mol. The van der Waals surface area contributed by atoms with Gasteiger partial charge in [0.15, 0.2) is 13.2 Å².